The number of alkyl halides is 3. The number of benzene rings is 1. The first-order chi connectivity index (χ1) is 18.8. The van der Waals surface area contributed by atoms with Crippen LogP contribution in [0, 0.1) is 0 Å². The van der Waals surface area contributed by atoms with E-state index < -0.39 is 0 Å². The Bertz CT molecular complexity index is 459. The number of ether oxygens (including phenoxy) is 1. The third-order valence-corrected chi connectivity index (χ3v) is 1.61. The van der Waals surface area contributed by atoms with Gasteiger partial charge in [0.15, 0.2) is 0 Å². The highest BCUT2D eigenvalue weighted by Crippen LogP contribution is 1.99. The molecule has 0 fully saturated rings. The summed E-state index contributed by atoms with van der Waals surface area (Å²) in [5.41, 5.74) is 3.55. The number of hydrogen-bond acceptors (Lipinski definition) is 10. The Balaban J connectivity index is -0.0000000275. The number of hydrazone groups is 3. The first-order valence-electron chi connectivity index (χ1n) is 11.2. The maximum Gasteiger partial charge on any atom is 0.142 e. The Labute approximate surface area is 262 Å². The fraction of sp³-hybridized carbons (Fsp3) is 0.593. The lowest BCUT2D eigenvalue weighted by Gasteiger charge is -1.97. The second-order valence-electron chi connectivity index (χ2n) is 4.87. The molecule has 0 aromatic heterocycles. The predicted molar refractivity (Wildman–Crippen MR) is 192 cm³/mol. The van der Waals surface area contributed by atoms with Crippen molar-refractivity contribution in [2.75, 3.05) is 61.8 Å². The minimum Gasteiger partial charge on any atom is -0.391 e. The molecule has 1 aromatic rings. The molecule has 10 nitrogen and oxygen atoms in total. The van der Waals surface area contributed by atoms with Gasteiger partial charge < -0.3 is 30.8 Å². The molecule has 0 aliphatic heterocycles. The van der Waals surface area contributed by atoms with Crippen molar-refractivity contribution >= 4 is 61.1 Å². The van der Waals surface area contributed by atoms with Crippen molar-refractivity contribution in [3.8, 4) is 0 Å². The van der Waals surface area contributed by atoms with Crippen molar-refractivity contribution in [1.82, 2.24) is 10.4 Å². The zero-order valence-electron chi connectivity index (χ0n) is 27.0. The lowest BCUT2D eigenvalue weighted by atomic mass is 10.2. The summed E-state index contributed by atoms with van der Waals surface area (Å²) in [6.45, 7) is 24.3. The van der Waals surface area contributed by atoms with Crippen LogP contribution >= 0.6 is 27.5 Å². The Morgan fingerprint density at radius 1 is 0.975 bits per heavy atom. The SMILES string of the molecule is C.C=NC.C=NN.C=NN(C)C.C=NNC.C=NOCc1ccccc1.CBr.CC.CCC.CCl.CF.COC. The maximum absolute atomic E-state index is 9.50. The molecule has 0 heterocycles. The maximum atomic E-state index is 9.50. The van der Waals surface area contributed by atoms with E-state index in [0.717, 1.165) is 5.56 Å². The van der Waals surface area contributed by atoms with Gasteiger partial charge in [-0.2, -0.15) is 15.3 Å². The molecule has 246 valence electrons. The summed E-state index contributed by atoms with van der Waals surface area (Å²) in [7, 11) is 10.7. The number of oxime groups is 1. The zero-order valence-corrected chi connectivity index (χ0v) is 29.4. The van der Waals surface area contributed by atoms with Crippen molar-refractivity contribution in [3.05, 3.63) is 35.9 Å². The molecule has 0 unspecified atom stereocenters. The number of halogens is 3. The van der Waals surface area contributed by atoms with Crippen LogP contribution in [0.3, 0.4) is 0 Å². The average molecular weight is 668 g/mol. The van der Waals surface area contributed by atoms with Gasteiger partial charge in [-0.25, -0.2) is 0 Å². The molecule has 0 saturated carbocycles. The van der Waals surface area contributed by atoms with Crippen molar-refractivity contribution in [1.29, 1.82) is 0 Å². The summed E-state index contributed by atoms with van der Waals surface area (Å²) < 4.78 is 13.8. The summed E-state index contributed by atoms with van der Waals surface area (Å²) in [5.74, 6) is 6.17. The number of nitrogens with zero attached hydrogens (tertiary/aromatic N) is 6. The highest BCUT2D eigenvalue weighted by Gasteiger charge is 1.87. The molecule has 0 atom stereocenters. The molecule has 0 aliphatic carbocycles. The van der Waals surface area contributed by atoms with E-state index in [1.807, 2.05) is 64.1 Å². The molecule has 3 N–H and O–H groups in total. The fourth-order valence-electron chi connectivity index (χ4n) is 0.694. The van der Waals surface area contributed by atoms with Gasteiger partial charge in [-0.05, 0) is 18.1 Å². The van der Waals surface area contributed by atoms with E-state index in [-0.39, 0.29) is 7.43 Å². The molecule has 0 aliphatic rings. The van der Waals surface area contributed by atoms with Gasteiger partial charge in [-0.3, -0.25) is 4.39 Å². The van der Waals surface area contributed by atoms with Gasteiger partial charge in [-0.15, -0.1) is 16.8 Å². The van der Waals surface area contributed by atoms with Crippen LogP contribution in [0.15, 0.2) is 55.8 Å². The molecule has 1 aromatic carbocycles. The van der Waals surface area contributed by atoms with Crippen molar-refractivity contribution in [2.45, 2.75) is 48.1 Å². The molecule has 0 bridgehead atoms. The largest absolute Gasteiger partial charge is 0.391 e. The number of methoxy groups -OCH3 is 1. The van der Waals surface area contributed by atoms with Gasteiger partial charge in [0.2, 0.25) is 0 Å². The normalized spacial score (nSPS) is 5.70. The molecular weight excluding hydrogens is 603 g/mol. The zero-order chi connectivity index (χ0) is 33.8. The Kier molecular flexibility index (Phi) is 239. The van der Waals surface area contributed by atoms with Crippen LogP contribution in [0.2, 0.25) is 0 Å². The lowest BCUT2D eigenvalue weighted by molar-refractivity contribution is 0.133. The Morgan fingerprint density at radius 2 is 1.20 bits per heavy atom. The van der Waals surface area contributed by atoms with Gasteiger partial charge >= 0.3 is 0 Å². The van der Waals surface area contributed by atoms with Crippen LogP contribution < -0.4 is 11.3 Å². The molecule has 1 rings (SSSR count). The first-order valence-corrected chi connectivity index (χ1v) is 13.5. The number of rotatable bonds is 5. The summed E-state index contributed by atoms with van der Waals surface area (Å²) >= 11 is 7.58. The van der Waals surface area contributed by atoms with Crippen LogP contribution in [0.1, 0.15) is 47.1 Å². The van der Waals surface area contributed by atoms with E-state index in [4.69, 9.17) is 4.84 Å². The average Bonchev–Trinajstić information content (AvgIpc) is 2.99. The molecular formula is C27H65BrClFN8O2. The van der Waals surface area contributed by atoms with Crippen LogP contribution in [0.25, 0.3) is 0 Å². The van der Waals surface area contributed by atoms with Gasteiger partial charge in [0, 0.05) is 75.7 Å². The van der Waals surface area contributed by atoms with E-state index in [2.05, 4.69) is 116 Å². The smallest absolute Gasteiger partial charge is 0.142 e. The highest BCUT2D eigenvalue weighted by molar-refractivity contribution is 9.08. The van der Waals surface area contributed by atoms with E-state index in [1.54, 1.807) is 33.3 Å². The van der Waals surface area contributed by atoms with Crippen LogP contribution in [0.4, 0.5) is 4.39 Å². The van der Waals surface area contributed by atoms with Crippen molar-refractivity contribution < 1.29 is 14.0 Å². The van der Waals surface area contributed by atoms with Crippen LogP contribution in [-0.4, -0.2) is 100 Å². The fourth-order valence-corrected chi connectivity index (χ4v) is 0.694. The molecule has 13 heteroatoms. The molecule has 40 heavy (non-hydrogen) atoms. The summed E-state index contributed by atoms with van der Waals surface area (Å²) in [6, 6.07) is 9.84. The highest BCUT2D eigenvalue weighted by atomic mass is 79.9. The third-order valence-electron chi connectivity index (χ3n) is 1.61. The Hall–Kier alpha value is -2.57. The standard InChI is InChI=1S/C8H9NO.C3H8N2.C3H8.C2H6N2.C2H5N.C2H6O.C2H6.CH3Br.CH3Cl.CH3F.CH4N2.CH4/c1-9-10-7-8-5-3-2-4-6-8;1-4-5(2)3;1-3-2;1-3-4-2;2*1-3-2;4*1-2;1-3-2;/h2-6H,1,7H2;1H2,2-3H3;3H2,1-2H3;4H,1H2,2H3;1H2,2H3;1-2H3;1-2H3;3*1H3;1-2H2;1H4. The number of aliphatic imine (C=N–C) groups is 1. The molecule has 0 saturated heterocycles. The second kappa shape index (κ2) is 135. The van der Waals surface area contributed by atoms with Gasteiger partial charge in [0.1, 0.15) is 6.61 Å². The predicted octanol–water partition coefficient (Wildman–Crippen LogP) is 7.47. The summed E-state index contributed by atoms with van der Waals surface area (Å²) in [4.78, 5) is 7.98. The van der Waals surface area contributed by atoms with E-state index in [9.17, 15) is 4.39 Å². The molecule has 0 spiro atoms. The first kappa shape index (κ1) is 71.1. The van der Waals surface area contributed by atoms with E-state index in [0.29, 0.717) is 13.8 Å². The van der Waals surface area contributed by atoms with Crippen molar-refractivity contribution in [3.63, 3.8) is 0 Å². The van der Waals surface area contributed by atoms with Gasteiger partial charge in [0.25, 0.3) is 0 Å². The van der Waals surface area contributed by atoms with Crippen LogP contribution in [0.5, 0.6) is 0 Å². The number of nitrogens with two attached hydrogens (primary N) is 1. The minimum absolute atomic E-state index is 0. The van der Waals surface area contributed by atoms with Gasteiger partial charge in [0.05, 0.1) is 7.18 Å². The third kappa shape index (κ3) is 272. The number of hydrogen-bond donors (Lipinski definition) is 2. The van der Waals surface area contributed by atoms with Crippen LogP contribution in [-0.2, 0) is 16.2 Å². The second-order valence-corrected chi connectivity index (χ2v) is 4.87. The number of nitrogens with one attached hydrogen (secondary N) is 1. The van der Waals surface area contributed by atoms with Crippen molar-refractivity contribution in [2.24, 2.45) is 31.3 Å². The summed E-state index contributed by atoms with van der Waals surface area (Å²) in [6.07, 6.45) is 2.72. The molecule has 0 radical (unpaired) electrons. The van der Waals surface area contributed by atoms with E-state index >= 15 is 0 Å². The van der Waals surface area contributed by atoms with Gasteiger partial charge in [-0.1, -0.05) is 87.8 Å². The lowest BCUT2D eigenvalue weighted by Crippen LogP contribution is -1.98. The Morgan fingerprint density at radius 3 is 1.35 bits per heavy atom. The molecule has 0 amide bonds. The van der Waals surface area contributed by atoms with E-state index in [1.165, 1.54) is 12.8 Å². The summed E-state index contributed by atoms with van der Waals surface area (Å²) in [5, 5.41) is 14.4. The quantitative estimate of drug-likeness (QED) is 0.146. The monoisotopic (exact) mass is 666 g/mol. The topological polar surface area (TPSA) is 122 Å². The minimum atomic E-state index is 0.